The van der Waals surface area contributed by atoms with Crippen molar-refractivity contribution < 1.29 is 4.74 Å². The van der Waals surface area contributed by atoms with E-state index in [4.69, 9.17) is 4.74 Å². The summed E-state index contributed by atoms with van der Waals surface area (Å²) in [6.45, 7) is 10.7. The summed E-state index contributed by atoms with van der Waals surface area (Å²) in [6, 6.07) is 0.439. The van der Waals surface area contributed by atoms with Crippen LogP contribution in [0.5, 0.6) is 0 Å². The highest BCUT2D eigenvalue weighted by molar-refractivity contribution is 4.82. The summed E-state index contributed by atoms with van der Waals surface area (Å²) >= 11 is 0. The molecule has 0 amide bonds. The van der Waals surface area contributed by atoms with E-state index in [1.165, 1.54) is 0 Å². The summed E-state index contributed by atoms with van der Waals surface area (Å²) < 4.78 is 5.21. The standard InChI is InChI=1S/C12H28N2O/c1-10(2)11(8-15-7)13-9-12(3,4)14(5)6/h10-11,13H,8-9H2,1-7H3. The zero-order valence-electron chi connectivity index (χ0n) is 11.4. The van der Waals surface area contributed by atoms with Crippen molar-refractivity contribution in [2.75, 3.05) is 34.4 Å². The van der Waals surface area contributed by atoms with Gasteiger partial charge in [0.1, 0.15) is 0 Å². The molecule has 0 saturated heterocycles. The van der Waals surface area contributed by atoms with E-state index >= 15 is 0 Å². The van der Waals surface area contributed by atoms with Crippen LogP contribution in [0.15, 0.2) is 0 Å². The van der Waals surface area contributed by atoms with Crippen molar-refractivity contribution >= 4 is 0 Å². The van der Waals surface area contributed by atoms with Crippen LogP contribution in [0.2, 0.25) is 0 Å². The SMILES string of the molecule is COCC(NCC(C)(C)N(C)C)C(C)C. The van der Waals surface area contributed by atoms with E-state index in [1.807, 2.05) is 0 Å². The average molecular weight is 216 g/mol. The lowest BCUT2D eigenvalue weighted by Gasteiger charge is -2.35. The third-order valence-corrected chi connectivity index (χ3v) is 3.16. The molecule has 3 nitrogen and oxygen atoms in total. The Bertz CT molecular complexity index is 167. The fourth-order valence-corrected chi connectivity index (χ4v) is 1.21. The summed E-state index contributed by atoms with van der Waals surface area (Å²) in [5.41, 5.74) is 0.181. The summed E-state index contributed by atoms with van der Waals surface area (Å²) in [7, 11) is 5.99. The molecule has 0 aliphatic carbocycles. The van der Waals surface area contributed by atoms with Crippen LogP contribution in [-0.4, -0.2) is 50.8 Å². The lowest BCUT2D eigenvalue weighted by molar-refractivity contribution is 0.127. The molecule has 1 N–H and O–H groups in total. The van der Waals surface area contributed by atoms with Gasteiger partial charge in [-0.3, -0.25) is 0 Å². The molecule has 0 heterocycles. The first-order valence-corrected chi connectivity index (χ1v) is 5.71. The van der Waals surface area contributed by atoms with Gasteiger partial charge >= 0.3 is 0 Å². The Morgan fingerprint density at radius 2 is 1.80 bits per heavy atom. The summed E-state index contributed by atoms with van der Waals surface area (Å²) in [4.78, 5) is 2.24. The molecule has 1 atom stereocenters. The molecule has 0 aromatic carbocycles. The monoisotopic (exact) mass is 216 g/mol. The fraction of sp³-hybridized carbons (Fsp3) is 1.00. The quantitative estimate of drug-likeness (QED) is 0.699. The van der Waals surface area contributed by atoms with Gasteiger partial charge < -0.3 is 15.0 Å². The van der Waals surface area contributed by atoms with Crippen molar-refractivity contribution in [3.63, 3.8) is 0 Å². The van der Waals surface area contributed by atoms with Crippen molar-refractivity contribution in [1.82, 2.24) is 10.2 Å². The van der Waals surface area contributed by atoms with Crippen LogP contribution in [-0.2, 0) is 4.74 Å². The number of nitrogens with one attached hydrogen (secondary N) is 1. The predicted octanol–water partition coefficient (Wildman–Crippen LogP) is 1.59. The first-order chi connectivity index (χ1) is 6.81. The Hall–Kier alpha value is -0.120. The van der Waals surface area contributed by atoms with Gasteiger partial charge in [-0.15, -0.1) is 0 Å². The maximum atomic E-state index is 5.21. The Morgan fingerprint density at radius 1 is 1.27 bits per heavy atom. The van der Waals surface area contributed by atoms with Crippen molar-refractivity contribution in [1.29, 1.82) is 0 Å². The second-order valence-electron chi connectivity index (χ2n) is 5.39. The Kier molecular flexibility index (Phi) is 6.41. The van der Waals surface area contributed by atoms with Crippen LogP contribution in [0, 0.1) is 5.92 Å². The van der Waals surface area contributed by atoms with Gasteiger partial charge in [-0.2, -0.15) is 0 Å². The second-order valence-corrected chi connectivity index (χ2v) is 5.39. The number of hydrogen-bond donors (Lipinski definition) is 1. The second kappa shape index (κ2) is 6.46. The van der Waals surface area contributed by atoms with Crippen LogP contribution in [0.1, 0.15) is 27.7 Å². The van der Waals surface area contributed by atoms with Crippen LogP contribution in [0.4, 0.5) is 0 Å². The van der Waals surface area contributed by atoms with Crippen LogP contribution < -0.4 is 5.32 Å². The van der Waals surface area contributed by atoms with E-state index in [0.717, 1.165) is 13.2 Å². The van der Waals surface area contributed by atoms with E-state index in [1.54, 1.807) is 7.11 Å². The van der Waals surface area contributed by atoms with Gasteiger partial charge in [0, 0.05) is 25.2 Å². The summed E-state index contributed by atoms with van der Waals surface area (Å²) in [5.74, 6) is 0.600. The van der Waals surface area contributed by atoms with E-state index in [2.05, 4.69) is 52.0 Å². The molecular formula is C12H28N2O. The molecule has 0 bridgehead atoms. The topological polar surface area (TPSA) is 24.5 Å². The normalized spacial score (nSPS) is 15.0. The zero-order chi connectivity index (χ0) is 12.1. The number of methoxy groups -OCH3 is 1. The maximum absolute atomic E-state index is 5.21. The van der Waals surface area contributed by atoms with E-state index in [-0.39, 0.29) is 5.54 Å². The van der Waals surface area contributed by atoms with Crippen molar-refractivity contribution in [2.45, 2.75) is 39.3 Å². The maximum Gasteiger partial charge on any atom is 0.0618 e. The van der Waals surface area contributed by atoms with Crippen LogP contribution in [0.3, 0.4) is 0 Å². The third-order valence-electron chi connectivity index (χ3n) is 3.16. The highest BCUT2D eigenvalue weighted by atomic mass is 16.5. The van der Waals surface area contributed by atoms with Gasteiger partial charge in [0.25, 0.3) is 0 Å². The molecule has 0 aliphatic heterocycles. The lowest BCUT2D eigenvalue weighted by atomic mass is 10.0. The summed E-state index contributed by atoms with van der Waals surface area (Å²) in [5, 5.41) is 3.58. The first kappa shape index (κ1) is 14.9. The Labute approximate surface area is 95.2 Å². The molecule has 0 spiro atoms. The minimum Gasteiger partial charge on any atom is -0.383 e. The van der Waals surface area contributed by atoms with Gasteiger partial charge in [0.05, 0.1) is 6.61 Å². The van der Waals surface area contributed by atoms with Crippen molar-refractivity contribution in [3.05, 3.63) is 0 Å². The van der Waals surface area contributed by atoms with Crippen LogP contribution in [0.25, 0.3) is 0 Å². The average Bonchev–Trinajstić information content (AvgIpc) is 2.11. The van der Waals surface area contributed by atoms with E-state index in [0.29, 0.717) is 12.0 Å². The minimum absolute atomic E-state index is 0.181. The van der Waals surface area contributed by atoms with E-state index in [9.17, 15) is 0 Å². The molecule has 0 saturated carbocycles. The third kappa shape index (κ3) is 5.50. The molecule has 0 rings (SSSR count). The lowest BCUT2D eigenvalue weighted by Crippen LogP contribution is -2.51. The van der Waals surface area contributed by atoms with Gasteiger partial charge in [0.15, 0.2) is 0 Å². The van der Waals surface area contributed by atoms with Crippen LogP contribution >= 0.6 is 0 Å². The molecule has 15 heavy (non-hydrogen) atoms. The van der Waals surface area contributed by atoms with Gasteiger partial charge in [-0.25, -0.2) is 0 Å². The molecular weight excluding hydrogens is 188 g/mol. The molecule has 0 fully saturated rings. The molecule has 3 heteroatoms. The number of hydrogen-bond acceptors (Lipinski definition) is 3. The minimum atomic E-state index is 0.181. The van der Waals surface area contributed by atoms with Gasteiger partial charge in [0.2, 0.25) is 0 Å². The predicted molar refractivity (Wildman–Crippen MR) is 66.3 cm³/mol. The van der Waals surface area contributed by atoms with E-state index < -0.39 is 0 Å². The summed E-state index contributed by atoms with van der Waals surface area (Å²) in [6.07, 6.45) is 0. The fourth-order valence-electron chi connectivity index (χ4n) is 1.21. The number of ether oxygens (including phenoxy) is 1. The smallest absolute Gasteiger partial charge is 0.0618 e. The number of likely N-dealkylation sites (N-methyl/N-ethyl adjacent to an activating group) is 1. The first-order valence-electron chi connectivity index (χ1n) is 5.71. The largest absolute Gasteiger partial charge is 0.383 e. The molecule has 0 aromatic heterocycles. The molecule has 1 unspecified atom stereocenters. The molecule has 0 radical (unpaired) electrons. The van der Waals surface area contributed by atoms with Gasteiger partial charge in [-0.1, -0.05) is 13.8 Å². The van der Waals surface area contributed by atoms with Crippen molar-refractivity contribution in [3.8, 4) is 0 Å². The molecule has 0 aromatic rings. The Morgan fingerprint density at radius 3 is 2.13 bits per heavy atom. The molecule has 92 valence electrons. The van der Waals surface area contributed by atoms with Crippen molar-refractivity contribution in [2.24, 2.45) is 5.92 Å². The Balaban J connectivity index is 4.09. The number of rotatable bonds is 7. The zero-order valence-corrected chi connectivity index (χ0v) is 11.4. The highest BCUT2D eigenvalue weighted by Gasteiger charge is 2.22. The number of nitrogens with zero attached hydrogens (tertiary/aromatic N) is 1. The van der Waals surface area contributed by atoms with Gasteiger partial charge in [-0.05, 0) is 33.9 Å². The highest BCUT2D eigenvalue weighted by Crippen LogP contribution is 2.10. The molecule has 0 aliphatic rings.